The lowest BCUT2D eigenvalue weighted by Crippen LogP contribution is -2.39. The molecule has 0 bridgehead atoms. The summed E-state index contributed by atoms with van der Waals surface area (Å²) < 4.78 is 28.9. The second-order valence-electron chi connectivity index (χ2n) is 7.39. The Morgan fingerprint density at radius 3 is 2.68 bits per heavy atom. The third kappa shape index (κ3) is 5.95. The molecule has 1 heterocycles. The lowest BCUT2D eigenvalue weighted by molar-refractivity contribution is 0.0714. The summed E-state index contributed by atoms with van der Waals surface area (Å²) in [6, 6.07) is 13.9. The summed E-state index contributed by atoms with van der Waals surface area (Å²) in [5.74, 6) is 1.04. The fourth-order valence-electron chi connectivity index (χ4n) is 3.51. The van der Waals surface area contributed by atoms with Crippen molar-refractivity contribution in [1.82, 2.24) is 4.90 Å². The second-order valence-corrected chi connectivity index (χ2v) is 9.85. The average molecular weight is 424 g/mol. The number of aliphatic hydroxyl groups excluding tert-OH is 1. The van der Waals surface area contributed by atoms with Crippen LogP contribution in [-0.4, -0.2) is 50.9 Å². The molecule has 1 aliphatic heterocycles. The minimum atomic E-state index is -3.19. The van der Waals surface area contributed by atoms with Gasteiger partial charge in [0.25, 0.3) is 0 Å². The van der Waals surface area contributed by atoms with E-state index in [0.29, 0.717) is 34.7 Å². The lowest BCUT2D eigenvalue weighted by atomic mass is 9.98. The van der Waals surface area contributed by atoms with Crippen molar-refractivity contribution in [3.05, 3.63) is 59.1 Å². The van der Waals surface area contributed by atoms with Crippen molar-refractivity contribution in [2.45, 2.75) is 23.8 Å². The topological polar surface area (TPSA) is 66.8 Å². The standard InChI is InChI=1S/C21H26ClNO4S/c1-28(25,26)20-9-7-19(8-10-20)27-15-16-4-3-11-23(13-16)14-21(24)17-5-2-6-18(22)12-17/h2,5-10,12,16,21,24H,3-4,11,13-15H2,1H3/t16?,21-/m1/s1. The molecule has 2 aromatic carbocycles. The van der Waals surface area contributed by atoms with Gasteiger partial charge in [-0.15, -0.1) is 0 Å². The SMILES string of the molecule is CS(=O)(=O)c1ccc(OCC2CCCN(C[C@@H](O)c3cccc(Cl)c3)C2)cc1. The summed E-state index contributed by atoms with van der Waals surface area (Å²) in [6.45, 7) is 2.96. The molecule has 0 aromatic heterocycles. The first kappa shape index (κ1) is 21.1. The third-order valence-electron chi connectivity index (χ3n) is 5.01. The predicted octanol–water partition coefficient (Wildman–Crippen LogP) is 3.57. The third-order valence-corrected chi connectivity index (χ3v) is 6.37. The quantitative estimate of drug-likeness (QED) is 0.737. The first-order valence-electron chi connectivity index (χ1n) is 9.40. The summed E-state index contributed by atoms with van der Waals surface area (Å²) in [6.07, 6.45) is 2.76. The molecule has 0 radical (unpaired) electrons. The van der Waals surface area contributed by atoms with Crippen molar-refractivity contribution in [1.29, 1.82) is 0 Å². The van der Waals surface area contributed by atoms with E-state index in [0.717, 1.165) is 31.5 Å². The van der Waals surface area contributed by atoms with Gasteiger partial charge in [-0.05, 0) is 61.3 Å². The van der Waals surface area contributed by atoms with Crippen molar-refractivity contribution >= 4 is 21.4 Å². The molecule has 152 valence electrons. The second kappa shape index (κ2) is 9.27. The zero-order valence-electron chi connectivity index (χ0n) is 15.9. The van der Waals surface area contributed by atoms with Gasteiger partial charge in [-0.25, -0.2) is 8.42 Å². The summed E-state index contributed by atoms with van der Waals surface area (Å²) in [5, 5.41) is 11.1. The van der Waals surface area contributed by atoms with Gasteiger partial charge in [0, 0.05) is 30.3 Å². The lowest BCUT2D eigenvalue weighted by Gasteiger charge is -2.33. The van der Waals surface area contributed by atoms with Crippen LogP contribution in [0, 0.1) is 5.92 Å². The van der Waals surface area contributed by atoms with Crippen LogP contribution >= 0.6 is 11.6 Å². The highest BCUT2D eigenvalue weighted by molar-refractivity contribution is 7.90. The number of β-amino-alcohol motifs (C(OH)–C–C–N with tert-alkyl or cyclic N) is 1. The Morgan fingerprint density at radius 1 is 1.25 bits per heavy atom. The number of aliphatic hydroxyl groups is 1. The van der Waals surface area contributed by atoms with Crippen LogP contribution in [0.5, 0.6) is 5.75 Å². The number of hydrogen-bond donors (Lipinski definition) is 1. The van der Waals surface area contributed by atoms with Crippen LogP contribution in [0.3, 0.4) is 0 Å². The molecule has 2 atom stereocenters. The van der Waals surface area contributed by atoms with Crippen LogP contribution in [0.25, 0.3) is 0 Å². The smallest absolute Gasteiger partial charge is 0.175 e. The molecule has 0 spiro atoms. The number of piperidine rings is 1. The minimum absolute atomic E-state index is 0.290. The van der Waals surface area contributed by atoms with Crippen molar-refractivity contribution in [2.24, 2.45) is 5.92 Å². The monoisotopic (exact) mass is 423 g/mol. The van der Waals surface area contributed by atoms with Crippen LogP contribution in [0.4, 0.5) is 0 Å². The van der Waals surface area contributed by atoms with Gasteiger partial charge in [0.15, 0.2) is 9.84 Å². The van der Waals surface area contributed by atoms with E-state index >= 15 is 0 Å². The van der Waals surface area contributed by atoms with Crippen molar-refractivity contribution in [3.8, 4) is 5.75 Å². The van der Waals surface area contributed by atoms with Gasteiger partial charge < -0.3 is 14.7 Å². The number of nitrogens with zero attached hydrogens (tertiary/aromatic N) is 1. The van der Waals surface area contributed by atoms with E-state index in [2.05, 4.69) is 4.90 Å². The molecule has 2 aromatic rings. The Kier molecular flexibility index (Phi) is 6.99. The van der Waals surface area contributed by atoms with E-state index in [1.807, 2.05) is 12.1 Å². The molecule has 28 heavy (non-hydrogen) atoms. The number of halogens is 1. The van der Waals surface area contributed by atoms with Crippen molar-refractivity contribution in [2.75, 3.05) is 32.5 Å². The fraction of sp³-hybridized carbons (Fsp3) is 0.429. The maximum Gasteiger partial charge on any atom is 0.175 e. The molecular weight excluding hydrogens is 398 g/mol. The molecular formula is C21H26ClNO4S. The molecule has 1 fully saturated rings. The molecule has 1 aliphatic rings. The largest absolute Gasteiger partial charge is 0.493 e. The van der Waals surface area contributed by atoms with Gasteiger partial charge in [0.1, 0.15) is 5.75 Å². The van der Waals surface area contributed by atoms with Gasteiger partial charge in [0.2, 0.25) is 0 Å². The van der Waals surface area contributed by atoms with Crippen LogP contribution in [0.1, 0.15) is 24.5 Å². The van der Waals surface area contributed by atoms with E-state index in [1.165, 1.54) is 6.26 Å². The van der Waals surface area contributed by atoms with E-state index < -0.39 is 15.9 Å². The average Bonchev–Trinajstić information content (AvgIpc) is 2.66. The molecule has 0 saturated carbocycles. The van der Waals surface area contributed by atoms with E-state index in [4.69, 9.17) is 16.3 Å². The summed E-state index contributed by atoms with van der Waals surface area (Å²) in [7, 11) is -3.19. The highest BCUT2D eigenvalue weighted by Gasteiger charge is 2.23. The Hall–Kier alpha value is -1.60. The van der Waals surface area contributed by atoms with E-state index in [-0.39, 0.29) is 0 Å². The van der Waals surface area contributed by atoms with Gasteiger partial charge in [-0.3, -0.25) is 0 Å². The highest BCUT2D eigenvalue weighted by Crippen LogP contribution is 2.23. The molecule has 1 unspecified atom stereocenters. The van der Waals surface area contributed by atoms with Crippen LogP contribution in [-0.2, 0) is 9.84 Å². The number of benzene rings is 2. The minimum Gasteiger partial charge on any atom is -0.493 e. The number of sulfone groups is 1. The summed E-state index contributed by atoms with van der Waals surface area (Å²) in [4.78, 5) is 2.55. The van der Waals surface area contributed by atoms with Crippen molar-refractivity contribution < 1.29 is 18.3 Å². The molecule has 7 heteroatoms. The first-order valence-corrected chi connectivity index (χ1v) is 11.7. The van der Waals surface area contributed by atoms with Gasteiger partial charge in [-0.1, -0.05) is 23.7 Å². The van der Waals surface area contributed by atoms with Gasteiger partial charge in [0.05, 0.1) is 17.6 Å². The number of likely N-dealkylation sites (tertiary alicyclic amines) is 1. The number of hydrogen-bond acceptors (Lipinski definition) is 5. The van der Waals surface area contributed by atoms with Gasteiger partial charge in [-0.2, -0.15) is 0 Å². The summed E-state index contributed by atoms with van der Waals surface area (Å²) >= 11 is 6.01. The van der Waals surface area contributed by atoms with Crippen LogP contribution in [0.15, 0.2) is 53.4 Å². The normalized spacial score (nSPS) is 19.3. The van der Waals surface area contributed by atoms with E-state index in [9.17, 15) is 13.5 Å². The predicted molar refractivity (Wildman–Crippen MR) is 111 cm³/mol. The molecule has 0 aliphatic carbocycles. The maximum absolute atomic E-state index is 11.5. The Balaban J connectivity index is 1.51. The first-order chi connectivity index (χ1) is 13.3. The summed E-state index contributed by atoms with van der Waals surface area (Å²) in [5.41, 5.74) is 0.830. The van der Waals surface area contributed by atoms with E-state index in [1.54, 1.807) is 36.4 Å². The molecule has 1 N–H and O–H groups in total. The zero-order chi connectivity index (χ0) is 20.1. The highest BCUT2D eigenvalue weighted by atomic mass is 35.5. The number of rotatable bonds is 7. The molecule has 0 amide bonds. The molecule has 3 rings (SSSR count). The Labute approximate surface area is 171 Å². The zero-order valence-corrected chi connectivity index (χ0v) is 17.5. The fourth-order valence-corrected chi connectivity index (χ4v) is 4.34. The van der Waals surface area contributed by atoms with Crippen molar-refractivity contribution in [3.63, 3.8) is 0 Å². The van der Waals surface area contributed by atoms with Crippen LogP contribution < -0.4 is 4.74 Å². The molecule has 5 nitrogen and oxygen atoms in total. The maximum atomic E-state index is 11.5. The number of ether oxygens (including phenoxy) is 1. The molecule has 1 saturated heterocycles. The van der Waals surface area contributed by atoms with Crippen LogP contribution in [0.2, 0.25) is 5.02 Å². The van der Waals surface area contributed by atoms with Gasteiger partial charge >= 0.3 is 0 Å². The Morgan fingerprint density at radius 2 is 2.00 bits per heavy atom. The Bertz CT molecular complexity index is 886.